The first-order chi connectivity index (χ1) is 12.1. The van der Waals surface area contributed by atoms with E-state index in [0.717, 1.165) is 19.9 Å². The summed E-state index contributed by atoms with van der Waals surface area (Å²) in [5.74, 6) is 1.09. The first kappa shape index (κ1) is 17.5. The molecule has 0 bridgehead atoms. The summed E-state index contributed by atoms with van der Waals surface area (Å²) in [6.45, 7) is 0. The molecule has 3 aromatic rings. The Balaban J connectivity index is 1.96. The van der Waals surface area contributed by atoms with Gasteiger partial charge in [-0.05, 0) is 51.1 Å². The standard InChI is InChI=1S/C21H17IO3/c1-24-20-13-21(25-2)18(22)12-17(20)19(23)11-10-15-8-5-7-14-6-3-4-9-16(14)15/h3-13H,1-2H3. The number of ketones is 1. The van der Waals surface area contributed by atoms with E-state index in [-0.39, 0.29) is 5.78 Å². The van der Waals surface area contributed by atoms with E-state index in [4.69, 9.17) is 9.47 Å². The largest absolute Gasteiger partial charge is 0.496 e. The fraction of sp³-hybridized carbons (Fsp3) is 0.0952. The zero-order chi connectivity index (χ0) is 17.8. The first-order valence-electron chi connectivity index (χ1n) is 7.75. The van der Waals surface area contributed by atoms with Crippen molar-refractivity contribution in [3.8, 4) is 11.5 Å². The predicted octanol–water partition coefficient (Wildman–Crippen LogP) is 5.36. The molecule has 126 valence electrons. The maximum atomic E-state index is 12.7. The number of carbonyl (C=O) groups excluding carboxylic acids is 1. The van der Waals surface area contributed by atoms with E-state index in [0.29, 0.717) is 17.1 Å². The summed E-state index contributed by atoms with van der Waals surface area (Å²) in [5.41, 5.74) is 1.53. The number of benzene rings is 3. The third-order valence-corrected chi connectivity index (χ3v) is 4.82. The number of halogens is 1. The second-order valence-corrected chi connectivity index (χ2v) is 6.62. The van der Waals surface area contributed by atoms with E-state index in [1.807, 2.05) is 30.3 Å². The minimum Gasteiger partial charge on any atom is -0.496 e. The van der Waals surface area contributed by atoms with Crippen molar-refractivity contribution in [1.82, 2.24) is 0 Å². The molecule has 0 amide bonds. The normalized spacial score (nSPS) is 11.0. The number of hydrogen-bond acceptors (Lipinski definition) is 3. The Morgan fingerprint density at radius 3 is 2.44 bits per heavy atom. The van der Waals surface area contributed by atoms with Gasteiger partial charge >= 0.3 is 0 Å². The van der Waals surface area contributed by atoms with Crippen LogP contribution in [-0.2, 0) is 0 Å². The van der Waals surface area contributed by atoms with Crippen LogP contribution in [0.15, 0.2) is 60.7 Å². The molecule has 0 aliphatic rings. The van der Waals surface area contributed by atoms with Crippen molar-refractivity contribution in [2.45, 2.75) is 0 Å². The highest BCUT2D eigenvalue weighted by Gasteiger charge is 2.14. The summed E-state index contributed by atoms with van der Waals surface area (Å²) in [6, 6.07) is 17.7. The van der Waals surface area contributed by atoms with Crippen molar-refractivity contribution in [2.24, 2.45) is 0 Å². The Labute approximate surface area is 160 Å². The van der Waals surface area contributed by atoms with Gasteiger partial charge in [-0.15, -0.1) is 0 Å². The van der Waals surface area contributed by atoms with Crippen LogP contribution in [0.5, 0.6) is 11.5 Å². The fourth-order valence-electron chi connectivity index (χ4n) is 2.70. The summed E-state index contributed by atoms with van der Waals surface area (Å²) >= 11 is 2.15. The van der Waals surface area contributed by atoms with Gasteiger partial charge in [0.1, 0.15) is 11.5 Å². The third kappa shape index (κ3) is 3.69. The Morgan fingerprint density at radius 2 is 1.68 bits per heavy atom. The summed E-state index contributed by atoms with van der Waals surface area (Å²) in [4.78, 5) is 12.7. The Hall–Kier alpha value is -2.34. The molecule has 3 nitrogen and oxygen atoms in total. The molecule has 0 aromatic heterocycles. The molecule has 25 heavy (non-hydrogen) atoms. The molecule has 3 rings (SSSR count). The zero-order valence-corrected chi connectivity index (χ0v) is 16.1. The molecule has 0 radical (unpaired) electrons. The smallest absolute Gasteiger partial charge is 0.189 e. The lowest BCUT2D eigenvalue weighted by atomic mass is 10.0. The number of carbonyl (C=O) groups is 1. The third-order valence-electron chi connectivity index (χ3n) is 3.98. The molecule has 4 heteroatoms. The fourth-order valence-corrected chi connectivity index (χ4v) is 3.39. The van der Waals surface area contributed by atoms with E-state index >= 15 is 0 Å². The second kappa shape index (κ2) is 7.70. The topological polar surface area (TPSA) is 35.5 Å². The molecule has 0 N–H and O–H groups in total. The highest BCUT2D eigenvalue weighted by Crippen LogP contribution is 2.31. The quantitative estimate of drug-likeness (QED) is 0.302. The van der Waals surface area contributed by atoms with Gasteiger partial charge in [0.05, 0.1) is 23.4 Å². The van der Waals surface area contributed by atoms with Crippen LogP contribution < -0.4 is 9.47 Å². The lowest BCUT2D eigenvalue weighted by Gasteiger charge is -2.10. The molecule has 0 saturated heterocycles. The molecule has 0 saturated carbocycles. The molecule has 0 heterocycles. The van der Waals surface area contributed by atoms with Crippen LogP contribution in [0.25, 0.3) is 16.8 Å². The van der Waals surface area contributed by atoms with E-state index in [1.54, 1.807) is 32.4 Å². The average Bonchev–Trinajstić information content (AvgIpc) is 2.65. The number of fused-ring (bicyclic) bond motifs is 1. The lowest BCUT2D eigenvalue weighted by molar-refractivity contribution is 0.104. The lowest BCUT2D eigenvalue weighted by Crippen LogP contribution is -2.01. The summed E-state index contributed by atoms with van der Waals surface area (Å²) < 4.78 is 11.5. The average molecular weight is 444 g/mol. The summed E-state index contributed by atoms with van der Waals surface area (Å²) in [7, 11) is 3.14. The monoisotopic (exact) mass is 444 g/mol. The van der Waals surface area contributed by atoms with Crippen LogP contribution in [0.3, 0.4) is 0 Å². The van der Waals surface area contributed by atoms with E-state index in [2.05, 4.69) is 40.8 Å². The molecule has 0 spiro atoms. The van der Waals surface area contributed by atoms with Crippen LogP contribution >= 0.6 is 22.6 Å². The van der Waals surface area contributed by atoms with Crippen molar-refractivity contribution < 1.29 is 14.3 Å². The van der Waals surface area contributed by atoms with Gasteiger partial charge in [0.2, 0.25) is 0 Å². The summed E-state index contributed by atoms with van der Waals surface area (Å²) in [6.07, 6.45) is 3.43. The van der Waals surface area contributed by atoms with Gasteiger partial charge in [-0.25, -0.2) is 0 Å². The molecule has 0 aliphatic carbocycles. The number of methoxy groups -OCH3 is 2. The highest BCUT2D eigenvalue weighted by atomic mass is 127. The Kier molecular flexibility index (Phi) is 5.38. The molecular weight excluding hydrogens is 427 g/mol. The van der Waals surface area contributed by atoms with Gasteiger partial charge in [-0.2, -0.15) is 0 Å². The van der Waals surface area contributed by atoms with E-state index in [9.17, 15) is 4.79 Å². The van der Waals surface area contributed by atoms with Crippen molar-refractivity contribution in [2.75, 3.05) is 14.2 Å². The molecule has 0 atom stereocenters. The summed E-state index contributed by atoms with van der Waals surface area (Å²) in [5, 5.41) is 2.26. The van der Waals surface area contributed by atoms with Crippen LogP contribution in [-0.4, -0.2) is 20.0 Å². The number of hydrogen-bond donors (Lipinski definition) is 0. The molecular formula is C21H17IO3. The van der Waals surface area contributed by atoms with Crippen LogP contribution in [0.4, 0.5) is 0 Å². The maximum absolute atomic E-state index is 12.7. The minimum absolute atomic E-state index is 0.106. The van der Waals surface area contributed by atoms with Crippen LogP contribution in [0, 0.1) is 3.57 Å². The second-order valence-electron chi connectivity index (χ2n) is 5.45. The van der Waals surface area contributed by atoms with Crippen LogP contribution in [0.1, 0.15) is 15.9 Å². The number of rotatable bonds is 5. The van der Waals surface area contributed by atoms with Gasteiger partial charge in [0, 0.05) is 6.07 Å². The number of ether oxygens (including phenoxy) is 2. The van der Waals surface area contributed by atoms with Gasteiger partial charge in [-0.1, -0.05) is 48.5 Å². The molecule has 0 fully saturated rings. The maximum Gasteiger partial charge on any atom is 0.189 e. The number of allylic oxidation sites excluding steroid dienone is 1. The van der Waals surface area contributed by atoms with E-state index in [1.165, 1.54) is 0 Å². The van der Waals surface area contributed by atoms with Gasteiger partial charge in [0.15, 0.2) is 5.78 Å². The highest BCUT2D eigenvalue weighted by molar-refractivity contribution is 14.1. The Morgan fingerprint density at radius 1 is 0.960 bits per heavy atom. The van der Waals surface area contributed by atoms with Crippen molar-refractivity contribution in [1.29, 1.82) is 0 Å². The van der Waals surface area contributed by atoms with Gasteiger partial charge < -0.3 is 9.47 Å². The SMILES string of the molecule is COc1cc(OC)c(C(=O)C=Cc2cccc3ccccc23)cc1I. The van der Waals surface area contributed by atoms with Crippen molar-refractivity contribution >= 4 is 45.2 Å². The van der Waals surface area contributed by atoms with Crippen molar-refractivity contribution in [3.63, 3.8) is 0 Å². The predicted molar refractivity (Wildman–Crippen MR) is 110 cm³/mol. The Bertz CT molecular complexity index is 955. The molecule has 3 aromatic carbocycles. The first-order valence-corrected chi connectivity index (χ1v) is 8.83. The van der Waals surface area contributed by atoms with Crippen molar-refractivity contribution in [3.05, 3.63) is 75.4 Å². The van der Waals surface area contributed by atoms with E-state index < -0.39 is 0 Å². The van der Waals surface area contributed by atoms with Gasteiger partial charge in [-0.3, -0.25) is 4.79 Å². The zero-order valence-electron chi connectivity index (χ0n) is 14.0. The minimum atomic E-state index is -0.106. The molecule has 0 unspecified atom stereocenters. The molecule has 0 aliphatic heterocycles. The van der Waals surface area contributed by atoms with Crippen LogP contribution in [0.2, 0.25) is 0 Å². The van der Waals surface area contributed by atoms with Gasteiger partial charge in [0.25, 0.3) is 0 Å².